The van der Waals surface area contributed by atoms with Crippen molar-refractivity contribution in [2.24, 2.45) is 11.8 Å². The van der Waals surface area contributed by atoms with E-state index in [1.165, 1.54) is 12.8 Å². The van der Waals surface area contributed by atoms with Gasteiger partial charge in [0, 0.05) is 19.3 Å². The van der Waals surface area contributed by atoms with E-state index in [1.54, 1.807) is 6.20 Å². The summed E-state index contributed by atoms with van der Waals surface area (Å²) >= 11 is 5.88. The number of carbonyl (C=O) groups is 1. The number of pyridine rings is 1. The number of nitrogens with zero attached hydrogens (tertiary/aromatic N) is 2. The van der Waals surface area contributed by atoms with Crippen molar-refractivity contribution in [1.29, 1.82) is 0 Å². The van der Waals surface area contributed by atoms with Crippen LogP contribution in [0.3, 0.4) is 0 Å². The van der Waals surface area contributed by atoms with Crippen molar-refractivity contribution in [2.75, 3.05) is 18.0 Å². The average molecular weight is 337 g/mol. The first-order chi connectivity index (χ1) is 11.1. The minimum absolute atomic E-state index is 0.00724. The van der Waals surface area contributed by atoms with Crippen molar-refractivity contribution in [3.8, 4) is 0 Å². The lowest BCUT2D eigenvalue weighted by Crippen LogP contribution is -2.38. The van der Waals surface area contributed by atoms with E-state index in [1.807, 2.05) is 12.1 Å². The Morgan fingerprint density at radius 2 is 2.04 bits per heavy atom. The van der Waals surface area contributed by atoms with E-state index >= 15 is 0 Å². The Kier molecular flexibility index (Phi) is 5.42. The molecule has 0 amide bonds. The predicted octanol–water partition coefficient (Wildman–Crippen LogP) is 4.07. The van der Waals surface area contributed by atoms with E-state index in [9.17, 15) is 4.79 Å². The van der Waals surface area contributed by atoms with E-state index in [-0.39, 0.29) is 18.0 Å². The second kappa shape index (κ2) is 7.52. The lowest BCUT2D eigenvalue weighted by Gasteiger charge is -2.33. The van der Waals surface area contributed by atoms with Gasteiger partial charge in [0.15, 0.2) is 0 Å². The zero-order valence-electron chi connectivity index (χ0n) is 13.7. The molecule has 3 rings (SSSR count). The zero-order chi connectivity index (χ0) is 16.2. The molecule has 0 N–H and O–H groups in total. The maximum atomic E-state index is 12.4. The van der Waals surface area contributed by atoms with Crippen molar-refractivity contribution < 1.29 is 9.53 Å². The molecule has 1 aromatic rings. The molecule has 2 atom stereocenters. The second-order valence-corrected chi connectivity index (χ2v) is 7.36. The minimum Gasteiger partial charge on any atom is -0.462 e. The number of rotatable bonds is 3. The van der Waals surface area contributed by atoms with Gasteiger partial charge in [-0.1, -0.05) is 24.9 Å². The summed E-state index contributed by atoms with van der Waals surface area (Å²) in [7, 11) is 0. The number of piperidine rings is 1. The van der Waals surface area contributed by atoms with Crippen molar-refractivity contribution in [1.82, 2.24) is 4.98 Å². The summed E-state index contributed by atoms with van der Waals surface area (Å²) in [4.78, 5) is 18.9. The van der Waals surface area contributed by atoms with Gasteiger partial charge >= 0.3 is 5.97 Å². The molecule has 2 aliphatic rings. The summed E-state index contributed by atoms with van der Waals surface area (Å²) in [6.45, 7) is 3.93. The van der Waals surface area contributed by atoms with Crippen LogP contribution in [0.4, 0.5) is 5.82 Å². The van der Waals surface area contributed by atoms with Crippen molar-refractivity contribution >= 4 is 23.4 Å². The molecule has 23 heavy (non-hydrogen) atoms. The molecule has 4 nitrogen and oxygen atoms in total. The first kappa shape index (κ1) is 16.6. The molecule has 1 saturated heterocycles. The van der Waals surface area contributed by atoms with Gasteiger partial charge < -0.3 is 9.64 Å². The molecule has 2 unspecified atom stereocenters. The molecular weight excluding hydrogens is 312 g/mol. The normalized spacial score (nSPS) is 26.1. The van der Waals surface area contributed by atoms with Gasteiger partial charge in [-0.15, -0.1) is 0 Å². The van der Waals surface area contributed by atoms with Gasteiger partial charge in [-0.2, -0.15) is 0 Å². The van der Waals surface area contributed by atoms with Gasteiger partial charge in [0.05, 0.1) is 10.9 Å². The lowest BCUT2D eigenvalue weighted by molar-refractivity contribution is -0.156. The minimum atomic E-state index is 0.00724. The van der Waals surface area contributed by atoms with Crippen LogP contribution >= 0.6 is 11.6 Å². The van der Waals surface area contributed by atoms with Crippen LogP contribution in [0.2, 0.25) is 5.02 Å². The van der Waals surface area contributed by atoms with Gasteiger partial charge in [-0.3, -0.25) is 4.79 Å². The number of ether oxygens (including phenoxy) is 1. The van der Waals surface area contributed by atoms with Crippen LogP contribution in [-0.2, 0) is 9.53 Å². The fourth-order valence-corrected chi connectivity index (χ4v) is 3.76. The largest absolute Gasteiger partial charge is 0.462 e. The second-order valence-electron chi connectivity index (χ2n) is 6.93. The van der Waals surface area contributed by atoms with Gasteiger partial charge in [0.2, 0.25) is 0 Å². The first-order valence-corrected chi connectivity index (χ1v) is 9.06. The number of esters is 1. The molecule has 1 saturated carbocycles. The molecule has 1 aliphatic carbocycles. The molecule has 5 heteroatoms. The molecule has 1 aliphatic heterocycles. The number of halogens is 1. The van der Waals surface area contributed by atoms with Crippen molar-refractivity contribution in [2.45, 2.75) is 51.6 Å². The number of hydrogen-bond donors (Lipinski definition) is 0. The van der Waals surface area contributed by atoms with Crippen molar-refractivity contribution in [3.05, 3.63) is 23.4 Å². The highest BCUT2D eigenvalue weighted by Gasteiger charge is 2.30. The van der Waals surface area contributed by atoms with Gasteiger partial charge in [-0.05, 0) is 50.2 Å². The average Bonchev–Trinajstić information content (AvgIpc) is 2.56. The van der Waals surface area contributed by atoms with Gasteiger partial charge in [0.1, 0.15) is 11.9 Å². The Bertz CT molecular complexity index is 526. The van der Waals surface area contributed by atoms with Gasteiger partial charge in [0.25, 0.3) is 0 Å². The monoisotopic (exact) mass is 336 g/mol. The third-order valence-electron chi connectivity index (χ3n) is 5.04. The Morgan fingerprint density at radius 3 is 2.70 bits per heavy atom. The number of carbonyl (C=O) groups excluding carboxylic acids is 1. The van der Waals surface area contributed by atoms with Crippen LogP contribution in [0, 0.1) is 11.8 Å². The molecule has 0 aromatic carbocycles. The van der Waals surface area contributed by atoms with Crippen LogP contribution < -0.4 is 4.90 Å². The topological polar surface area (TPSA) is 42.4 Å². The van der Waals surface area contributed by atoms with Crippen LogP contribution in [-0.4, -0.2) is 30.1 Å². The number of hydrogen-bond acceptors (Lipinski definition) is 4. The quantitative estimate of drug-likeness (QED) is 0.780. The summed E-state index contributed by atoms with van der Waals surface area (Å²) in [6.07, 6.45) is 7.99. The van der Waals surface area contributed by atoms with Crippen LogP contribution in [0.25, 0.3) is 0 Å². The third kappa shape index (κ3) is 4.37. The Hall–Kier alpha value is -1.29. The summed E-state index contributed by atoms with van der Waals surface area (Å²) in [6, 6.07) is 3.79. The third-order valence-corrected chi connectivity index (χ3v) is 5.26. The van der Waals surface area contributed by atoms with Crippen molar-refractivity contribution in [3.63, 3.8) is 0 Å². The Morgan fingerprint density at radius 1 is 1.26 bits per heavy atom. The van der Waals surface area contributed by atoms with E-state index in [0.29, 0.717) is 10.9 Å². The van der Waals surface area contributed by atoms with E-state index in [0.717, 1.165) is 44.6 Å². The Labute approximate surface area is 143 Å². The molecule has 1 aromatic heterocycles. The van der Waals surface area contributed by atoms with Crippen LogP contribution in [0.5, 0.6) is 0 Å². The van der Waals surface area contributed by atoms with Crippen LogP contribution in [0.15, 0.2) is 18.3 Å². The van der Waals surface area contributed by atoms with Gasteiger partial charge in [-0.25, -0.2) is 4.98 Å². The first-order valence-electron chi connectivity index (χ1n) is 8.69. The molecule has 0 spiro atoms. The predicted molar refractivity (Wildman–Crippen MR) is 91.7 cm³/mol. The summed E-state index contributed by atoms with van der Waals surface area (Å²) in [5.41, 5.74) is 0. The molecular formula is C18H25ClN2O2. The van der Waals surface area contributed by atoms with E-state index in [4.69, 9.17) is 16.3 Å². The summed E-state index contributed by atoms with van der Waals surface area (Å²) in [5.74, 6) is 1.66. The fraction of sp³-hybridized carbons (Fsp3) is 0.667. The zero-order valence-corrected chi connectivity index (χ0v) is 14.5. The number of aromatic nitrogens is 1. The standard InChI is InChI=1S/C18H25ClN2O2/c1-13-3-2-4-16(11-13)23-18(22)14-7-9-21(10-8-14)17-6-5-15(19)12-20-17/h5-6,12-14,16H,2-4,7-11H2,1H3. The SMILES string of the molecule is CC1CCCC(OC(=O)C2CCN(c3ccc(Cl)cn3)CC2)C1. The fourth-order valence-electron chi connectivity index (χ4n) is 3.65. The molecule has 2 heterocycles. The van der Waals surface area contributed by atoms with E-state index < -0.39 is 0 Å². The maximum absolute atomic E-state index is 12.4. The molecule has 2 fully saturated rings. The highest BCUT2D eigenvalue weighted by atomic mass is 35.5. The molecule has 0 bridgehead atoms. The summed E-state index contributed by atoms with van der Waals surface area (Å²) in [5, 5.41) is 0.647. The Balaban J connectivity index is 1.48. The maximum Gasteiger partial charge on any atom is 0.309 e. The number of anilines is 1. The molecule has 0 radical (unpaired) electrons. The molecule has 126 valence electrons. The smallest absolute Gasteiger partial charge is 0.309 e. The highest BCUT2D eigenvalue weighted by Crippen LogP contribution is 2.28. The summed E-state index contributed by atoms with van der Waals surface area (Å²) < 4.78 is 5.77. The lowest BCUT2D eigenvalue weighted by atomic mass is 9.88. The van der Waals surface area contributed by atoms with E-state index in [2.05, 4.69) is 16.8 Å². The van der Waals surface area contributed by atoms with Crippen LogP contribution in [0.1, 0.15) is 45.4 Å². The highest BCUT2D eigenvalue weighted by molar-refractivity contribution is 6.30.